The molecule has 0 N–H and O–H groups in total. The first kappa shape index (κ1) is 9.15. The molecule has 0 amide bonds. The van der Waals surface area contributed by atoms with E-state index in [-0.39, 0.29) is 0 Å². The molecule has 0 aliphatic rings. The molecule has 0 spiro atoms. The van der Waals surface area contributed by atoms with Crippen LogP contribution in [0.15, 0.2) is 0 Å². The summed E-state index contributed by atoms with van der Waals surface area (Å²) in [6, 6.07) is 1.50. The summed E-state index contributed by atoms with van der Waals surface area (Å²) in [5.41, 5.74) is 0. The zero-order chi connectivity index (χ0) is 6.73. The quantitative estimate of drug-likeness (QED) is 0.707. The average Bonchev–Trinajstić information content (AvgIpc) is 1.64. The summed E-state index contributed by atoms with van der Waals surface area (Å²) in [6.45, 7) is 9.00. The van der Waals surface area contributed by atoms with E-state index < -0.39 is 0 Å². The molecule has 0 bridgehead atoms. The normalized spacial score (nSPS) is 11.8. The van der Waals surface area contributed by atoms with E-state index in [0.29, 0.717) is 0 Å². The van der Waals surface area contributed by atoms with Crippen LogP contribution in [-0.2, 0) is 0 Å². The van der Waals surface area contributed by atoms with Crippen LogP contribution in [0.1, 0.15) is 27.7 Å². The number of hydrogen-bond acceptors (Lipinski definition) is 1. The first-order chi connectivity index (χ1) is 3.55. The van der Waals surface area contributed by atoms with Gasteiger partial charge >= 0.3 is 75.5 Å². The van der Waals surface area contributed by atoms with Crippen molar-refractivity contribution in [2.24, 2.45) is 0 Å². The Morgan fingerprint density at radius 2 is 1.25 bits per heavy atom. The van der Waals surface area contributed by atoms with E-state index in [0.717, 1.165) is 46.2 Å². The summed E-state index contributed by atoms with van der Waals surface area (Å²) in [7, 11) is 0. The molecule has 0 aromatic carbocycles. The summed E-state index contributed by atoms with van der Waals surface area (Å²) < 4.78 is 2.50. The predicted octanol–water partition coefficient (Wildman–Crippen LogP) is 1.57. The summed E-state index contributed by atoms with van der Waals surface area (Å²) in [5.74, 6) is 0. The Morgan fingerprint density at radius 1 is 1.00 bits per heavy atom. The van der Waals surface area contributed by atoms with Crippen LogP contribution in [0.25, 0.3) is 0 Å². The fraction of sp³-hybridized carbons (Fsp3) is 1.00. The molecular weight excluding hydrogens is 225 g/mol. The van der Waals surface area contributed by atoms with E-state index in [1.54, 1.807) is 0 Å². The van der Waals surface area contributed by atoms with Gasteiger partial charge in [-0.05, 0) is 0 Å². The van der Waals surface area contributed by atoms with Crippen LogP contribution < -0.4 is 0 Å². The van der Waals surface area contributed by atoms with E-state index in [2.05, 4.69) is 29.4 Å². The molecular formula is C6H14LaN. The van der Waals surface area contributed by atoms with Crippen molar-refractivity contribution in [2.45, 2.75) is 39.8 Å². The Morgan fingerprint density at radius 3 is 1.25 bits per heavy atom. The maximum atomic E-state index is 2.50. The first-order valence-electron chi connectivity index (χ1n) is 3.08. The van der Waals surface area contributed by atoms with Gasteiger partial charge in [-0.2, -0.15) is 0 Å². The molecule has 0 unspecified atom stereocenters. The molecule has 46 valence electrons. The van der Waals surface area contributed by atoms with E-state index in [1.165, 1.54) is 0 Å². The van der Waals surface area contributed by atoms with Gasteiger partial charge in [-0.3, -0.25) is 0 Å². The maximum absolute atomic E-state index is 2.50. The van der Waals surface area contributed by atoms with Crippen molar-refractivity contribution in [1.29, 1.82) is 0 Å². The molecule has 0 saturated heterocycles. The summed E-state index contributed by atoms with van der Waals surface area (Å²) >= 11 is 1.000. The first-order valence-corrected chi connectivity index (χ1v) is 4.71. The summed E-state index contributed by atoms with van der Waals surface area (Å²) in [5, 5.41) is 0. The van der Waals surface area contributed by atoms with Gasteiger partial charge in [0.15, 0.2) is 0 Å². The second kappa shape index (κ2) is 4.05. The van der Waals surface area contributed by atoms with Crippen molar-refractivity contribution >= 4 is 0 Å². The molecule has 1 nitrogen and oxygen atoms in total. The standard InChI is InChI=1S/C6H14N.La/c1-5(2)7-6(3)4;/h5-6H,1-4H3;/q-1;+1. The molecule has 0 aliphatic carbocycles. The third-order valence-corrected chi connectivity index (χ3v) is 4.94. The molecule has 8 heavy (non-hydrogen) atoms. The monoisotopic (exact) mass is 239 g/mol. The van der Waals surface area contributed by atoms with Crippen LogP contribution in [0, 0.1) is 34.1 Å². The Kier molecular flexibility index (Phi) is 4.63. The van der Waals surface area contributed by atoms with Crippen molar-refractivity contribution in [3.63, 3.8) is 0 Å². The van der Waals surface area contributed by atoms with Crippen molar-refractivity contribution in [3.05, 3.63) is 0 Å². The van der Waals surface area contributed by atoms with E-state index in [1.807, 2.05) is 0 Å². The zero-order valence-corrected chi connectivity index (χ0v) is 9.81. The zero-order valence-electron chi connectivity index (χ0n) is 6.18. The Bertz CT molecular complexity index is 53.5. The van der Waals surface area contributed by atoms with E-state index >= 15 is 0 Å². The Labute approximate surface area is 75.1 Å². The van der Waals surface area contributed by atoms with Crippen molar-refractivity contribution in [2.75, 3.05) is 0 Å². The van der Waals surface area contributed by atoms with Gasteiger partial charge in [-0.15, -0.1) is 0 Å². The van der Waals surface area contributed by atoms with Crippen molar-refractivity contribution in [1.82, 2.24) is 1.66 Å². The predicted molar refractivity (Wildman–Crippen MR) is 32.1 cm³/mol. The fourth-order valence-corrected chi connectivity index (χ4v) is 0.596. The van der Waals surface area contributed by atoms with Crippen LogP contribution in [0.5, 0.6) is 0 Å². The topological polar surface area (TPSA) is 3.24 Å². The Hall–Kier alpha value is 1.15. The second-order valence-corrected chi connectivity index (χ2v) is 4.51. The van der Waals surface area contributed by atoms with Gasteiger partial charge in [0.2, 0.25) is 0 Å². The summed E-state index contributed by atoms with van der Waals surface area (Å²) in [4.78, 5) is 0. The molecule has 0 heterocycles. The molecule has 0 aromatic heterocycles. The van der Waals surface area contributed by atoms with Gasteiger partial charge in [0.25, 0.3) is 0 Å². The molecule has 0 aliphatic heterocycles. The number of nitrogens with zero attached hydrogens (tertiary/aromatic N) is 1. The molecule has 0 radical (unpaired) electrons. The van der Waals surface area contributed by atoms with Gasteiger partial charge in [-0.1, -0.05) is 0 Å². The van der Waals surface area contributed by atoms with Gasteiger partial charge < -0.3 is 0 Å². The van der Waals surface area contributed by atoms with Crippen molar-refractivity contribution < 1.29 is 34.1 Å². The fourth-order valence-electron chi connectivity index (χ4n) is 0.596. The van der Waals surface area contributed by atoms with Gasteiger partial charge in [0.1, 0.15) is 0 Å². The van der Waals surface area contributed by atoms with Crippen LogP contribution in [0.3, 0.4) is 0 Å². The van der Waals surface area contributed by atoms with Gasteiger partial charge in [-0.25, -0.2) is 0 Å². The minimum absolute atomic E-state index is 0.750. The second-order valence-electron chi connectivity index (χ2n) is 2.63. The molecule has 0 atom stereocenters. The number of rotatable bonds is 2. The van der Waals surface area contributed by atoms with Crippen LogP contribution in [-0.4, -0.2) is 13.7 Å². The SMILES string of the molecule is CC(C)[N]([La])C(C)C. The Balaban J connectivity index is 3.46. The molecule has 2 heteroatoms. The summed E-state index contributed by atoms with van der Waals surface area (Å²) in [6.07, 6.45) is 0. The number of hydrogen-bond donors (Lipinski definition) is 0. The molecule has 0 aromatic rings. The van der Waals surface area contributed by atoms with Crippen LogP contribution >= 0.6 is 0 Å². The third kappa shape index (κ3) is 3.23. The van der Waals surface area contributed by atoms with E-state index in [9.17, 15) is 0 Å². The average molecular weight is 239 g/mol. The minimum atomic E-state index is 0.750. The van der Waals surface area contributed by atoms with Crippen molar-refractivity contribution in [3.8, 4) is 0 Å². The van der Waals surface area contributed by atoms with Crippen LogP contribution in [0.4, 0.5) is 0 Å². The molecule has 0 saturated carbocycles. The molecule has 0 rings (SSSR count). The molecule has 0 fully saturated rings. The third-order valence-electron chi connectivity index (χ3n) is 1.19. The van der Waals surface area contributed by atoms with E-state index in [4.69, 9.17) is 0 Å². The van der Waals surface area contributed by atoms with Gasteiger partial charge in [0.05, 0.1) is 0 Å². The van der Waals surface area contributed by atoms with Gasteiger partial charge in [0, 0.05) is 0 Å². The van der Waals surface area contributed by atoms with Crippen LogP contribution in [0.2, 0.25) is 0 Å².